The van der Waals surface area contributed by atoms with Crippen molar-refractivity contribution in [3.63, 3.8) is 0 Å². The first-order chi connectivity index (χ1) is 10.8. The molecule has 0 saturated heterocycles. The molecule has 0 unspecified atom stereocenters. The zero-order valence-electron chi connectivity index (χ0n) is 12.1. The lowest BCUT2D eigenvalue weighted by atomic mass is 9.85. The number of hydrogen-bond acceptors (Lipinski definition) is 3. The van der Waals surface area contributed by atoms with Gasteiger partial charge in [0.15, 0.2) is 5.78 Å². The number of carbonyl (C=O) groups excluding carboxylic acids is 2. The molecule has 1 aromatic carbocycles. The van der Waals surface area contributed by atoms with Crippen molar-refractivity contribution in [1.29, 1.82) is 0 Å². The van der Waals surface area contributed by atoms with E-state index in [1.807, 2.05) is 0 Å². The summed E-state index contributed by atoms with van der Waals surface area (Å²) in [7, 11) is 0. The minimum absolute atomic E-state index is 0.00470. The minimum atomic E-state index is -5.23. The number of halogens is 3. The van der Waals surface area contributed by atoms with Crippen LogP contribution in [0.15, 0.2) is 41.6 Å². The molecule has 0 radical (unpaired) electrons. The van der Waals surface area contributed by atoms with Crippen LogP contribution in [-0.4, -0.2) is 33.5 Å². The number of allylic oxidation sites excluding steroid dienone is 1. The maximum absolute atomic E-state index is 13.4. The predicted octanol–water partition coefficient (Wildman–Crippen LogP) is 2.33. The first-order valence-electron chi connectivity index (χ1n) is 7.18. The van der Waals surface area contributed by atoms with Crippen LogP contribution in [0.25, 0.3) is 0 Å². The van der Waals surface area contributed by atoms with Crippen LogP contribution in [-0.2, 0) is 16.1 Å². The molecule has 2 aliphatic rings. The van der Waals surface area contributed by atoms with Crippen LogP contribution >= 0.6 is 0 Å². The SMILES string of the molecule is O=C1CCCC2=C1[C@@](O)(C(F)(F)F)C(=O)N2Cc1ccccc1. The van der Waals surface area contributed by atoms with E-state index in [1.165, 1.54) is 0 Å². The normalized spacial score (nSPS) is 25.1. The molecule has 0 bridgehead atoms. The van der Waals surface area contributed by atoms with E-state index in [0.29, 0.717) is 12.0 Å². The van der Waals surface area contributed by atoms with Gasteiger partial charge in [0.1, 0.15) is 0 Å². The second kappa shape index (κ2) is 5.19. The second-order valence-electron chi connectivity index (χ2n) is 5.68. The molecule has 1 amide bonds. The maximum atomic E-state index is 13.4. The largest absolute Gasteiger partial charge is 0.430 e. The minimum Gasteiger partial charge on any atom is -0.368 e. The molecule has 0 saturated carbocycles. The van der Waals surface area contributed by atoms with Crippen molar-refractivity contribution >= 4 is 11.7 Å². The van der Waals surface area contributed by atoms with Gasteiger partial charge in [0.05, 0.1) is 12.1 Å². The Balaban J connectivity index is 2.08. The summed E-state index contributed by atoms with van der Waals surface area (Å²) in [5.41, 5.74) is -3.90. The number of alkyl halides is 3. The van der Waals surface area contributed by atoms with Crippen LogP contribution in [0.2, 0.25) is 0 Å². The van der Waals surface area contributed by atoms with Crippen molar-refractivity contribution < 1.29 is 27.9 Å². The second-order valence-corrected chi connectivity index (χ2v) is 5.68. The third-order valence-electron chi connectivity index (χ3n) is 4.22. The average Bonchev–Trinajstić information content (AvgIpc) is 2.72. The van der Waals surface area contributed by atoms with Crippen LogP contribution < -0.4 is 0 Å². The molecule has 1 heterocycles. The molecule has 1 aromatic rings. The van der Waals surface area contributed by atoms with E-state index in [-0.39, 0.29) is 25.1 Å². The van der Waals surface area contributed by atoms with Crippen molar-refractivity contribution in [2.75, 3.05) is 0 Å². The van der Waals surface area contributed by atoms with Gasteiger partial charge in [-0.2, -0.15) is 13.2 Å². The molecule has 3 rings (SSSR count). The first-order valence-corrected chi connectivity index (χ1v) is 7.18. The number of rotatable bonds is 2. The number of hydrogen-bond donors (Lipinski definition) is 1. The molecule has 7 heteroatoms. The number of Topliss-reactive ketones (excluding diaryl/α,β-unsaturated/α-hetero) is 1. The highest BCUT2D eigenvalue weighted by molar-refractivity contribution is 6.11. The molecule has 1 aliphatic heterocycles. The standard InChI is InChI=1S/C16H14F3NO3/c17-16(18,19)15(23)13-11(7-4-8-12(13)21)20(14(15)22)9-10-5-2-1-3-6-10/h1-3,5-6,23H,4,7-9H2/t15-/m0/s1. The fourth-order valence-corrected chi connectivity index (χ4v) is 3.13. The van der Waals surface area contributed by atoms with E-state index in [9.17, 15) is 27.9 Å². The summed E-state index contributed by atoms with van der Waals surface area (Å²) in [6.45, 7) is -0.107. The van der Waals surface area contributed by atoms with Gasteiger partial charge in [-0.3, -0.25) is 9.59 Å². The van der Waals surface area contributed by atoms with E-state index in [4.69, 9.17) is 0 Å². The van der Waals surface area contributed by atoms with Gasteiger partial charge in [-0.15, -0.1) is 0 Å². The summed E-state index contributed by atoms with van der Waals surface area (Å²) >= 11 is 0. The number of amides is 1. The van der Waals surface area contributed by atoms with Gasteiger partial charge >= 0.3 is 6.18 Å². The van der Waals surface area contributed by atoms with Gasteiger partial charge in [-0.1, -0.05) is 30.3 Å². The molecule has 23 heavy (non-hydrogen) atoms. The molecular weight excluding hydrogens is 311 g/mol. The van der Waals surface area contributed by atoms with Gasteiger partial charge in [0, 0.05) is 12.1 Å². The molecule has 122 valence electrons. The average molecular weight is 325 g/mol. The summed E-state index contributed by atoms with van der Waals surface area (Å²) < 4.78 is 40.1. The smallest absolute Gasteiger partial charge is 0.368 e. The zero-order valence-corrected chi connectivity index (χ0v) is 12.1. The Morgan fingerprint density at radius 3 is 2.39 bits per heavy atom. The lowest BCUT2D eigenvalue weighted by molar-refractivity contribution is -0.238. The molecule has 0 aromatic heterocycles. The van der Waals surface area contributed by atoms with E-state index >= 15 is 0 Å². The van der Waals surface area contributed by atoms with Crippen LogP contribution in [0, 0.1) is 0 Å². The van der Waals surface area contributed by atoms with Gasteiger partial charge < -0.3 is 10.0 Å². The summed E-state index contributed by atoms with van der Waals surface area (Å²) in [4.78, 5) is 25.2. The Bertz CT molecular complexity index is 696. The van der Waals surface area contributed by atoms with E-state index in [2.05, 4.69) is 0 Å². The third-order valence-corrected chi connectivity index (χ3v) is 4.22. The van der Waals surface area contributed by atoms with Crippen molar-refractivity contribution in [3.8, 4) is 0 Å². The van der Waals surface area contributed by atoms with Gasteiger partial charge in [-0.05, 0) is 18.4 Å². The predicted molar refractivity (Wildman–Crippen MR) is 73.9 cm³/mol. The van der Waals surface area contributed by atoms with E-state index < -0.39 is 29.0 Å². The highest BCUT2D eigenvalue weighted by atomic mass is 19.4. The van der Waals surface area contributed by atoms with Crippen molar-refractivity contribution in [2.24, 2.45) is 0 Å². The molecule has 1 N–H and O–H groups in total. The summed E-state index contributed by atoms with van der Waals surface area (Å²) in [6.07, 6.45) is -4.80. The highest BCUT2D eigenvalue weighted by Gasteiger charge is 2.69. The Morgan fingerprint density at radius 1 is 1.13 bits per heavy atom. The Labute approximate surface area is 130 Å². The zero-order chi connectivity index (χ0) is 16.8. The van der Waals surface area contributed by atoms with E-state index in [1.54, 1.807) is 30.3 Å². The van der Waals surface area contributed by atoms with Crippen LogP contribution in [0.4, 0.5) is 13.2 Å². The van der Waals surface area contributed by atoms with Crippen molar-refractivity contribution in [1.82, 2.24) is 4.90 Å². The Kier molecular flexibility index (Phi) is 3.55. The lowest BCUT2D eigenvalue weighted by Gasteiger charge is -2.27. The topological polar surface area (TPSA) is 57.6 Å². The summed E-state index contributed by atoms with van der Waals surface area (Å²) in [5, 5.41) is 10.1. The van der Waals surface area contributed by atoms with Crippen molar-refractivity contribution in [3.05, 3.63) is 47.2 Å². The molecule has 0 fully saturated rings. The fraction of sp³-hybridized carbons (Fsp3) is 0.375. The molecule has 1 atom stereocenters. The molecule has 1 aliphatic carbocycles. The Morgan fingerprint density at radius 2 is 1.78 bits per heavy atom. The molecule has 4 nitrogen and oxygen atoms in total. The number of nitrogens with zero attached hydrogens (tertiary/aromatic N) is 1. The maximum Gasteiger partial charge on any atom is 0.430 e. The highest BCUT2D eigenvalue weighted by Crippen LogP contribution is 2.48. The van der Waals surface area contributed by atoms with Crippen LogP contribution in [0.5, 0.6) is 0 Å². The van der Waals surface area contributed by atoms with Gasteiger partial charge in [0.25, 0.3) is 11.5 Å². The lowest BCUT2D eigenvalue weighted by Crippen LogP contribution is -2.55. The van der Waals surface area contributed by atoms with E-state index in [0.717, 1.165) is 4.90 Å². The number of carbonyl (C=O) groups is 2. The van der Waals surface area contributed by atoms with Gasteiger partial charge in [0.2, 0.25) is 0 Å². The molecule has 0 spiro atoms. The summed E-state index contributed by atoms with van der Waals surface area (Å²) in [6, 6.07) is 8.49. The number of benzene rings is 1. The Hall–Kier alpha value is -2.15. The molecular formula is C16H14F3NO3. The van der Waals surface area contributed by atoms with Gasteiger partial charge in [-0.25, -0.2) is 0 Å². The first kappa shape index (κ1) is 15.7. The van der Waals surface area contributed by atoms with Crippen LogP contribution in [0.1, 0.15) is 24.8 Å². The fourth-order valence-electron chi connectivity index (χ4n) is 3.13. The van der Waals surface area contributed by atoms with Crippen molar-refractivity contribution in [2.45, 2.75) is 37.6 Å². The number of aliphatic hydroxyl groups is 1. The monoisotopic (exact) mass is 325 g/mol. The summed E-state index contributed by atoms with van der Waals surface area (Å²) in [5.74, 6) is -2.30. The number of ketones is 1. The quantitative estimate of drug-likeness (QED) is 0.908. The van der Waals surface area contributed by atoms with Crippen LogP contribution in [0.3, 0.4) is 0 Å². The third kappa shape index (κ3) is 2.26.